The Kier molecular flexibility index (Phi) is 5.87. The molecule has 0 aliphatic carbocycles. The Hall–Kier alpha value is -1.70. The van der Waals surface area contributed by atoms with E-state index in [1.807, 2.05) is 4.90 Å². The van der Waals surface area contributed by atoms with Gasteiger partial charge in [0.15, 0.2) is 0 Å². The lowest BCUT2D eigenvalue weighted by atomic mass is 9.96. The maximum atomic E-state index is 8.68. The van der Waals surface area contributed by atoms with Crippen molar-refractivity contribution in [1.29, 1.82) is 10.5 Å². The molecule has 1 aromatic rings. The summed E-state index contributed by atoms with van der Waals surface area (Å²) in [7, 11) is 0. The topological polar surface area (TPSA) is 84.4 Å². The Labute approximate surface area is 124 Å². The van der Waals surface area contributed by atoms with Crippen LogP contribution in [0.25, 0.3) is 0 Å². The molecule has 1 rings (SSSR count). The zero-order valence-electron chi connectivity index (χ0n) is 12.2. The average molecular weight is 292 g/mol. The van der Waals surface area contributed by atoms with Gasteiger partial charge in [-0.05, 0) is 12.2 Å². The van der Waals surface area contributed by atoms with Crippen molar-refractivity contribution in [1.82, 2.24) is 19.7 Å². The Balaban J connectivity index is 2.83. The van der Waals surface area contributed by atoms with Crippen molar-refractivity contribution in [2.45, 2.75) is 45.7 Å². The third kappa shape index (κ3) is 4.76. The quantitative estimate of drug-likeness (QED) is 0.813. The second-order valence-electron chi connectivity index (χ2n) is 5.61. The fourth-order valence-corrected chi connectivity index (χ4v) is 1.85. The van der Waals surface area contributed by atoms with Gasteiger partial charge in [-0.1, -0.05) is 20.8 Å². The highest BCUT2D eigenvalue weighted by atomic mass is 32.1. The Morgan fingerprint density at radius 2 is 1.80 bits per heavy atom. The molecular weight excluding hydrogens is 272 g/mol. The van der Waals surface area contributed by atoms with Crippen molar-refractivity contribution in [3.63, 3.8) is 0 Å². The van der Waals surface area contributed by atoms with E-state index in [2.05, 4.69) is 43.0 Å². The van der Waals surface area contributed by atoms with E-state index in [0.29, 0.717) is 37.4 Å². The summed E-state index contributed by atoms with van der Waals surface area (Å²) in [4.78, 5) is 6.38. The lowest BCUT2D eigenvalue weighted by molar-refractivity contribution is 0.213. The molecule has 0 radical (unpaired) electrons. The molecule has 1 N–H and O–H groups in total. The molecule has 6 nitrogen and oxygen atoms in total. The predicted octanol–water partition coefficient (Wildman–Crippen LogP) is 2.33. The summed E-state index contributed by atoms with van der Waals surface area (Å²) in [6, 6.07) is 4.24. The monoisotopic (exact) mass is 292 g/mol. The summed E-state index contributed by atoms with van der Waals surface area (Å²) in [5.41, 5.74) is -0.0943. The SMILES string of the molecule is CC(C)(C)c1nc(=S)n(CN(CCC#N)CCC#N)[nH]1. The van der Waals surface area contributed by atoms with Crippen LogP contribution in [0.1, 0.15) is 39.4 Å². The molecule has 20 heavy (non-hydrogen) atoms. The first-order valence-corrected chi connectivity index (χ1v) is 6.93. The third-order valence-electron chi connectivity index (χ3n) is 2.81. The van der Waals surface area contributed by atoms with E-state index in [9.17, 15) is 0 Å². The molecule has 0 aliphatic rings. The molecular formula is C13H20N6S. The largest absolute Gasteiger partial charge is 0.282 e. The predicted molar refractivity (Wildman–Crippen MR) is 78.1 cm³/mol. The van der Waals surface area contributed by atoms with Crippen molar-refractivity contribution in [3.05, 3.63) is 10.6 Å². The van der Waals surface area contributed by atoms with Crippen LogP contribution in [0.2, 0.25) is 0 Å². The van der Waals surface area contributed by atoms with Gasteiger partial charge < -0.3 is 0 Å². The van der Waals surface area contributed by atoms with E-state index < -0.39 is 0 Å². The Morgan fingerprint density at radius 3 is 2.20 bits per heavy atom. The number of hydrogen-bond donors (Lipinski definition) is 1. The number of H-pyrrole nitrogens is 1. The van der Waals surface area contributed by atoms with Crippen LogP contribution >= 0.6 is 12.2 Å². The molecule has 1 aromatic heterocycles. The van der Waals surface area contributed by atoms with Crippen LogP contribution in [0.15, 0.2) is 0 Å². The van der Waals surface area contributed by atoms with Crippen LogP contribution in [0.5, 0.6) is 0 Å². The average Bonchev–Trinajstić information content (AvgIpc) is 2.74. The lowest BCUT2D eigenvalue weighted by Crippen LogP contribution is -2.29. The van der Waals surface area contributed by atoms with Crippen LogP contribution in [-0.2, 0) is 12.1 Å². The smallest absolute Gasteiger partial charge is 0.217 e. The van der Waals surface area contributed by atoms with Crippen LogP contribution < -0.4 is 0 Å². The van der Waals surface area contributed by atoms with Crippen LogP contribution in [0.4, 0.5) is 0 Å². The first kappa shape index (κ1) is 16.4. The third-order valence-corrected chi connectivity index (χ3v) is 3.12. The van der Waals surface area contributed by atoms with Gasteiger partial charge in [0.2, 0.25) is 4.77 Å². The fraction of sp³-hybridized carbons (Fsp3) is 0.692. The molecule has 1 heterocycles. The lowest BCUT2D eigenvalue weighted by Gasteiger charge is -2.20. The number of nitrogens with zero attached hydrogens (tertiary/aromatic N) is 5. The molecule has 0 atom stereocenters. The fourth-order valence-electron chi connectivity index (χ4n) is 1.66. The van der Waals surface area contributed by atoms with Crippen molar-refractivity contribution >= 4 is 12.2 Å². The maximum Gasteiger partial charge on any atom is 0.217 e. The molecule has 0 aliphatic heterocycles. The summed E-state index contributed by atoms with van der Waals surface area (Å²) in [6.45, 7) is 7.94. The van der Waals surface area contributed by atoms with Gasteiger partial charge in [0.25, 0.3) is 0 Å². The number of nitrogens with one attached hydrogen (secondary N) is 1. The molecule has 0 aromatic carbocycles. The van der Waals surface area contributed by atoms with Crippen molar-refractivity contribution in [2.75, 3.05) is 13.1 Å². The number of hydrogen-bond acceptors (Lipinski definition) is 5. The molecule has 0 amide bonds. The Morgan fingerprint density at radius 1 is 1.25 bits per heavy atom. The second-order valence-corrected chi connectivity index (χ2v) is 5.97. The van der Waals surface area contributed by atoms with Gasteiger partial charge in [-0.25, -0.2) is 9.67 Å². The summed E-state index contributed by atoms with van der Waals surface area (Å²) < 4.78 is 2.28. The molecule has 0 unspecified atom stereocenters. The molecule has 7 heteroatoms. The number of nitriles is 2. The Bertz CT molecular complexity index is 547. The van der Waals surface area contributed by atoms with E-state index in [1.165, 1.54) is 0 Å². The van der Waals surface area contributed by atoms with Gasteiger partial charge in [0.05, 0.1) is 18.8 Å². The van der Waals surface area contributed by atoms with Crippen LogP contribution in [-0.4, -0.2) is 32.8 Å². The van der Waals surface area contributed by atoms with Crippen molar-refractivity contribution < 1.29 is 0 Å². The summed E-state index contributed by atoms with van der Waals surface area (Å²) in [5.74, 6) is 0.836. The first-order valence-electron chi connectivity index (χ1n) is 6.52. The molecule has 108 valence electrons. The van der Waals surface area contributed by atoms with E-state index in [0.717, 1.165) is 5.82 Å². The van der Waals surface area contributed by atoms with E-state index >= 15 is 0 Å². The number of rotatable bonds is 6. The van der Waals surface area contributed by atoms with Crippen molar-refractivity contribution in [3.8, 4) is 12.1 Å². The van der Waals surface area contributed by atoms with Gasteiger partial charge in [-0.2, -0.15) is 10.5 Å². The van der Waals surface area contributed by atoms with Gasteiger partial charge in [-0.3, -0.25) is 10.00 Å². The normalized spacial score (nSPS) is 11.3. The summed E-state index contributed by atoms with van der Waals surface area (Å²) >= 11 is 5.25. The highest BCUT2D eigenvalue weighted by Crippen LogP contribution is 2.17. The minimum atomic E-state index is -0.0943. The summed E-state index contributed by atoms with van der Waals surface area (Å²) in [5, 5.41) is 20.6. The standard InChI is InChI=1S/C13H20N6S/c1-13(2,3)11-16-12(20)19(17-11)10-18(8-4-6-14)9-5-7-15/h4-5,8-10H2,1-3H3,(H,16,17,20). The van der Waals surface area contributed by atoms with E-state index in [4.69, 9.17) is 22.7 Å². The maximum absolute atomic E-state index is 8.68. The van der Waals surface area contributed by atoms with Crippen molar-refractivity contribution in [2.24, 2.45) is 0 Å². The zero-order valence-corrected chi connectivity index (χ0v) is 13.0. The van der Waals surface area contributed by atoms with E-state index in [-0.39, 0.29) is 5.41 Å². The zero-order chi connectivity index (χ0) is 15.2. The van der Waals surface area contributed by atoms with Gasteiger partial charge in [0, 0.05) is 31.3 Å². The van der Waals surface area contributed by atoms with Crippen LogP contribution in [0.3, 0.4) is 0 Å². The molecule has 0 saturated carbocycles. The van der Waals surface area contributed by atoms with Gasteiger partial charge in [0.1, 0.15) is 5.82 Å². The summed E-state index contributed by atoms with van der Waals surface area (Å²) in [6.07, 6.45) is 0.859. The number of aromatic amines is 1. The van der Waals surface area contributed by atoms with E-state index in [1.54, 1.807) is 4.68 Å². The van der Waals surface area contributed by atoms with Gasteiger partial charge in [-0.15, -0.1) is 0 Å². The molecule has 0 spiro atoms. The number of aromatic nitrogens is 3. The minimum Gasteiger partial charge on any atom is -0.282 e. The minimum absolute atomic E-state index is 0.0943. The molecule has 0 saturated heterocycles. The molecule has 0 bridgehead atoms. The highest BCUT2D eigenvalue weighted by molar-refractivity contribution is 7.71. The van der Waals surface area contributed by atoms with Crippen LogP contribution in [0, 0.1) is 27.4 Å². The van der Waals surface area contributed by atoms with Gasteiger partial charge >= 0.3 is 0 Å². The molecule has 0 fully saturated rings. The second kappa shape index (κ2) is 7.18. The first-order chi connectivity index (χ1) is 9.38. The highest BCUT2D eigenvalue weighted by Gasteiger charge is 2.19.